The van der Waals surface area contributed by atoms with Crippen LogP contribution >= 0.6 is 0 Å². The van der Waals surface area contributed by atoms with Crippen LogP contribution in [0.5, 0.6) is 0 Å². The van der Waals surface area contributed by atoms with Crippen molar-refractivity contribution < 1.29 is 26.3 Å². The van der Waals surface area contributed by atoms with Crippen molar-refractivity contribution in [1.29, 1.82) is 0 Å². The molecule has 0 bridgehead atoms. The fraction of sp³-hybridized carbons (Fsp3) is 0. The maximum Gasteiger partial charge on any atom is 0.198 e. The molecule has 1 aliphatic carbocycles. The first-order chi connectivity index (χ1) is 8.93. The van der Waals surface area contributed by atoms with Crippen LogP contribution in [0.4, 0.5) is 26.3 Å². The van der Waals surface area contributed by atoms with Crippen molar-refractivity contribution in [2.45, 2.75) is 0 Å². The smallest absolute Gasteiger partial charge is 0.198 e. The molecule has 1 aliphatic rings. The minimum absolute atomic E-state index is 0.0447. The van der Waals surface area contributed by atoms with Crippen LogP contribution in [0.25, 0.3) is 11.1 Å². The summed E-state index contributed by atoms with van der Waals surface area (Å²) in [4.78, 5) is 0. The van der Waals surface area contributed by atoms with Crippen molar-refractivity contribution in [2.75, 3.05) is 0 Å². The van der Waals surface area contributed by atoms with E-state index in [1.807, 2.05) is 0 Å². The maximum absolute atomic E-state index is 13.6. The Morgan fingerprint density at radius 1 is 0.579 bits per heavy atom. The van der Waals surface area contributed by atoms with Gasteiger partial charge in [0.05, 0.1) is 0 Å². The van der Waals surface area contributed by atoms with Crippen LogP contribution in [0.1, 0.15) is 11.1 Å². The molecule has 0 spiro atoms. The molecule has 6 heteroatoms. The third kappa shape index (κ3) is 1.42. The molecule has 0 saturated carbocycles. The fourth-order valence-corrected chi connectivity index (χ4v) is 2.12. The minimum atomic E-state index is -2.05. The minimum Gasteiger partial charge on any atom is -0.204 e. The van der Waals surface area contributed by atoms with Crippen molar-refractivity contribution in [3.8, 4) is 11.1 Å². The Morgan fingerprint density at radius 2 is 1.21 bits per heavy atom. The highest BCUT2D eigenvalue weighted by molar-refractivity contribution is 5.82. The summed E-state index contributed by atoms with van der Waals surface area (Å²) >= 11 is 0. The predicted octanol–water partition coefficient (Wildman–Crippen LogP) is 4.10. The summed E-state index contributed by atoms with van der Waals surface area (Å²) in [6.45, 7) is 0. The topological polar surface area (TPSA) is 0 Å². The molecular weight excluding hydrogens is 270 g/mol. The van der Waals surface area contributed by atoms with Crippen molar-refractivity contribution in [1.82, 2.24) is 0 Å². The third-order valence-corrected chi connectivity index (χ3v) is 2.98. The molecule has 19 heavy (non-hydrogen) atoms. The van der Waals surface area contributed by atoms with Gasteiger partial charge in [-0.15, -0.1) is 0 Å². The van der Waals surface area contributed by atoms with Crippen LogP contribution in [0.3, 0.4) is 0 Å². The maximum atomic E-state index is 13.6. The highest BCUT2D eigenvalue weighted by atomic mass is 19.2. The number of hydrogen-bond donors (Lipinski definition) is 0. The molecule has 0 heterocycles. The van der Waals surface area contributed by atoms with E-state index in [0.717, 1.165) is 18.6 Å². The second kappa shape index (κ2) is 3.76. The van der Waals surface area contributed by atoms with Crippen molar-refractivity contribution in [3.05, 3.63) is 64.6 Å². The summed E-state index contributed by atoms with van der Waals surface area (Å²) in [7, 11) is 0. The summed E-state index contributed by atoms with van der Waals surface area (Å²) in [5, 5.41) is 0. The largest absolute Gasteiger partial charge is 0.204 e. The van der Waals surface area contributed by atoms with Gasteiger partial charge in [-0.2, -0.15) is 0 Å². The summed E-state index contributed by atoms with van der Waals surface area (Å²) < 4.78 is 80.1. The van der Waals surface area contributed by atoms with Crippen LogP contribution in [-0.2, 0) is 0 Å². The zero-order valence-electron chi connectivity index (χ0n) is 9.00. The number of benzene rings is 2. The Balaban J connectivity index is 2.45. The first-order valence-electron chi connectivity index (χ1n) is 5.12. The standard InChI is InChI=1S/C13H3F6/c14-6-2-1-4-3-5-8(7(4)10(6)16)11(17)13(19)12(18)9(5)15/h1-3H. The first kappa shape index (κ1) is 12.1. The molecule has 3 rings (SSSR count). The van der Waals surface area contributed by atoms with Gasteiger partial charge in [-0.3, -0.25) is 0 Å². The number of halogens is 6. The quantitative estimate of drug-likeness (QED) is 0.328. The zero-order chi connectivity index (χ0) is 13.9. The van der Waals surface area contributed by atoms with Gasteiger partial charge >= 0.3 is 0 Å². The molecule has 97 valence electrons. The normalized spacial score (nSPS) is 12.5. The lowest BCUT2D eigenvalue weighted by atomic mass is 10.0. The van der Waals surface area contributed by atoms with E-state index in [0.29, 0.717) is 0 Å². The highest BCUT2D eigenvalue weighted by Gasteiger charge is 2.34. The van der Waals surface area contributed by atoms with Gasteiger partial charge in [0.25, 0.3) is 0 Å². The van der Waals surface area contributed by atoms with Gasteiger partial charge in [0.15, 0.2) is 34.9 Å². The molecule has 1 radical (unpaired) electrons. The SMILES string of the molecule is Fc1ccc2c(c1F)-c1c(F)c(F)c(F)c(F)c1[CH]2. The van der Waals surface area contributed by atoms with Crippen molar-refractivity contribution >= 4 is 0 Å². The molecule has 0 aromatic heterocycles. The van der Waals surface area contributed by atoms with Crippen LogP contribution in [0.2, 0.25) is 0 Å². The number of hydrogen-bond acceptors (Lipinski definition) is 0. The van der Waals surface area contributed by atoms with E-state index in [2.05, 4.69) is 0 Å². The van der Waals surface area contributed by atoms with Gasteiger partial charge in [0, 0.05) is 23.1 Å². The van der Waals surface area contributed by atoms with Gasteiger partial charge in [-0.1, -0.05) is 6.07 Å². The predicted molar refractivity (Wildman–Crippen MR) is 54.1 cm³/mol. The first-order valence-corrected chi connectivity index (χ1v) is 5.12. The molecule has 0 fully saturated rings. The zero-order valence-corrected chi connectivity index (χ0v) is 9.00. The number of fused-ring (bicyclic) bond motifs is 3. The van der Waals surface area contributed by atoms with Crippen LogP contribution in [0.15, 0.2) is 12.1 Å². The van der Waals surface area contributed by atoms with E-state index in [9.17, 15) is 26.3 Å². The Hall–Kier alpha value is -1.98. The van der Waals surface area contributed by atoms with Gasteiger partial charge in [-0.05, 0) is 11.6 Å². The van der Waals surface area contributed by atoms with Gasteiger partial charge in [0.2, 0.25) is 0 Å². The molecule has 0 saturated heterocycles. The van der Waals surface area contributed by atoms with Crippen LogP contribution in [-0.4, -0.2) is 0 Å². The van der Waals surface area contributed by atoms with E-state index in [1.54, 1.807) is 0 Å². The van der Waals surface area contributed by atoms with Crippen molar-refractivity contribution in [3.63, 3.8) is 0 Å². The lowest BCUT2D eigenvalue weighted by Gasteiger charge is -2.07. The summed E-state index contributed by atoms with van der Waals surface area (Å²) in [6.07, 6.45) is 0.939. The molecule has 2 aromatic rings. The van der Waals surface area contributed by atoms with Gasteiger partial charge in [0.1, 0.15) is 0 Å². The Morgan fingerprint density at radius 3 is 1.89 bits per heavy atom. The van der Waals surface area contributed by atoms with E-state index in [-0.39, 0.29) is 5.56 Å². The molecule has 0 unspecified atom stereocenters. The molecular formula is C13H3F6. The monoisotopic (exact) mass is 273 g/mol. The molecule has 0 amide bonds. The van der Waals surface area contributed by atoms with E-state index < -0.39 is 51.6 Å². The fourth-order valence-electron chi connectivity index (χ4n) is 2.12. The Bertz CT molecular complexity index is 720. The van der Waals surface area contributed by atoms with Gasteiger partial charge in [-0.25, -0.2) is 26.3 Å². The number of rotatable bonds is 0. The lowest BCUT2D eigenvalue weighted by molar-refractivity contribution is 0.409. The Labute approximate surface area is 103 Å². The van der Waals surface area contributed by atoms with E-state index in [1.165, 1.54) is 0 Å². The van der Waals surface area contributed by atoms with E-state index in [4.69, 9.17) is 0 Å². The average molecular weight is 273 g/mol. The molecule has 2 aromatic carbocycles. The molecule has 0 atom stereocenters. The second-order valence-corrected chi connectivity index (χ2v) is 4.01. The van der Waals surface area contributed by atoms with Crippen LogP contribution in [0, 0.1) is 41.3 Å². The average Bonchev–Trinajstić information content (AvgIpc) is 2.78. The second-order valence-electron chi connectivity index (χ2n) is 4.01. The molecule has 0 aliphatic heterocycles. The summed E-state index contributed by atoms with van der Waals surface area (Å²) in [5.74, 6) is -10.1. The summed E-state index contributed by atoms with van der Waals surface area (Å²) in [5.41, 5.74) is -2.08. The van der Waals surface area contributed by atoms with Crippen molar-refractivity contribution in [2.24, 2.45) is 0 Å². The van der Waals surface area contributed by atoms with Gasteiger partial charge < -0.3 is 0 Å². The summed E-state index contributed by atoms with van der Waals surface area (Å²) in [6, 6.07) is 1.83. The molecule has 0 nitrogen and oxygen atoms in total. The molecule has 0 N–H and O–H groups in total. The van der Waals surface area contributed by atoms with Crippen LogP contribution < -0.4 is 0 Å². The third-order valence-electron chi connectivity index (χ3n) is 2.98. The van der Waals surface area contributed by atoms with E-state index >= 15 is 0 Å². The lowest BCUT2D eigenvalue weighted by Crippen LogP contribution is -2.02. The highest BCUT2D eigenvalue weighted by Crippen LogP contribution is 2.44. The Kier molecular flexibility index (Phi) is 2.39.